The molecule has 218 valence electrons. The van der Waals surface area contributed by atoms with Crippen molar-refractivity contribution in [2.24, 2.45) is 5.73 Å². The van der Waals surface area contributed by atoms with Crippen molar-refractivity contribution in [3.63, 3.8) is 0 Å². The number of carbonyl (C=O) groups excluding carboxylic acids is 2. The molecule has 0 saturated carbocycles. The van der Waals surface area contributed by atoms with E-state index in [2.05, 4.69) is 10.6 Å². The Balaban J connectivity index is 2.35. The van der Waals surface area contributed by atoms with Gasteiger partial charge in [-0.3, -0.25) is 19.2 Å². The summed E-state index contributed by atoms with van der Waals surface area (Å²) >= 11 is 0.946. The number of aliphatic hydroxyl groups excluding tert-OH is 1. The lowest BCUT2D eigenvalue weighted by molar-refractivity contribution is -0.139. The van der Waals surface area contributed by atoms with Crippen LogP contribution in [0.1, 0.15) is 35.3 Å². The van der Waals surface area contributed by atoms with Gasteiger partial charge in [-0.25, -0.2) is 0 Å². The zero-order chi connectivity index (χ0) is 30.0. The summed E-state index contributed by atoms with van der Waals surface area (Å²) in [5, 5.41) is 62.8. The minimum absolute atomic E-state index is 0.101. The third kappa shape index (κ3) is 9.52. The third-order valence-corrected chi connectivity index (χ3v) is 7.01. The lowest BCUT2D eigenvalue weighted by Crippen LogP contribution is -2.49. The normalized spacial score (nSPS) is 13.9. The van der Waals surface area contributed by atoms with E-state index in [1.165, 1.54) is 37.4 Å². The molecule has 40 heavy (non-hydrogen) atoms. The highest BCUT2D eigenvalue weighted by atomic mass is 32.2. The van der Waals surface area contributed by atoms with Crippen molar-refractivity contribution >= 4 is 35.5 Å². The monoisotopic (exact) mass is 581 g/mol. The Kier molecular flexibility index (Phi) is 11.8. The van der Waals surface area contributed by atoms with Crippen molar-refractivity contribution in [2.75, 3.05) is 19.4 Å². The first-order valence-electron chi connectivity index (χ1n) is 11.8. The first-order valence-corrected chi connectivity index (χ1v) is 12.8. The van der Waals surface area contributed by atoms with Crippen LogP contribution in [0.3, 0.4) is 0 Å². The predicted octanol–water partition coefficient (Wildman–Crippen LogP) is 0.198. The smallest absolute Gasteiger partial charge is 0.322 e. The fourth-order valence-corrected chi connectivity index (χ4v) is 4.88. The fourth-order valence-electron chi connectivity index (χ4n) is 3.56. The molecule has 0 aliphatic carbocycles. The van der Waals surface area contributed by atoms with Crippen molar-refractivity contribution in [1.82, 2.24) is 10.6 Å². The van der Waals surface area contributed by atoms with Crippen molar-refractivity contribution in [3.05, 3.63) is 47.5 Å². The number of rotatable bonds is 15. The number of carboxylic acid groups (broad SMARTS) is 2. The van der Waals surface area contributed by atoms with E-state index in [0.717, 1.165) is 17.8 Å². The van der Waals surface area contributed by atoms with E-state index in [0.29, 0.717) is 5.56 Å². The number of nitrogens with two attached hydrogens (primary N) is 1. The summed E-state index contributed by atoms with van der Waals surface area (Å²) in [6.45, 7) is -0.735. The first-order chi connectivity index (χ1) is 18.8. The molecule has 4 atom stereocenters. The van der Waals surface area contributed by atoms with Gasteiger partial charge in [-0.2, -0.15) is 0 Å². The molecule has 0 fully saturated rings. The Morgan fingerprint density at radius 1 is 1.00 bits per heavy atom. The van der Waals surface area contributed by atoms with E-state index in [9.17, 15) is 39.6 Å². The first kappa shape index (κ1) is 32.0. The van der Waals surface area contributed by atoms with Crippen LogP contribution in [0.5, 0.6) is 23.0 Å². The van der Waals surface area contributed by atoms with Gasteiger partial charge in [0.05, 0.1) is 18.5 Å². The number of amides is 2. The summed E-state index contributed by atoms with van der Waals surface area (Å²) in [7, 11) is 1.34. The second-order valence-corrected chi connectivity index (χ2v) is 9.80. The highest BCUT2D eigenvalue weighted by molar-refractivity contribution is 7.99. The maximum Gasteiger partial charge on any atom is 0.322 e. The molecule has 0 saturated heterocycles. The van der Waals surface area contributed by atoms with Crippen LogP contribution in [-0.4, -0.2) is 85.9 Å². The largest absolute Gasteiger partial charge is 0.508 e. The number of hydrogen-bond donors (Lipinski definition) is 9. The van der Waals surface area contributed by atoms with Gasteiger partial charge in [0.2, 0.25) is 11.8 Å². The van der Waals surface area contributed by atoms with Crippen molar-refractivity contribution < 1.29 is 54.6 Å². The van der Waals surface area contributed by atoms with E-state index in [-0.39, 0.29) is 47.2 Å². The molecule has 2 aromatic carbocycles. The highest BCUT2D eigenvalue weighted by Crippen LogP contribution is 2.44. The quantitative estimate of drug-likeness (QED) is 0.136. The van der Waals surface area contributed by atoms with Crippen LogP contribution in [-0.2, 0) is 19.2 Å². The Morgan fingerprint density at radius 3 is 2.20 bits per heavy atom. The summed E-state index contributed by atoms with van der Waals surface area (Å²) < 4.78 is 5.05. The number of aliphatic carboxylic acids is 2. The molecule has 2 amide bonds. The summed E-state index contributed by atoms with van der Waals surface area (Å²) in [6.07, 6.45) is -1.96. The average molecular weight is 582 g/mol. The molecular formula is C25H31N3O11S. The molecule has 0 bridgehead atoms. The number of aromatic hydroxyl groups is 3. The van der Waals surface area contributed by atoms with Gasteiger partial charge in [-0.05, 0) is 41.8 Å². The number of phenols is 3. The molecule has 0 spiro atoms. The zero-order valence-electron chi connectivity index (χ0n) is 21.3. The number of phenolic OH excluding ortho intramolecular Hbond substituents is 3. The molecule has 0 aliphatic heterocycles. The van der Waals surface area contributed by atoms with Gasteiger partial charge in [-0.1, -0.05) is 6.07 Å². The minimum atomic E-state index is -1.41. The number of hydrogen-bond acceptors (Lipinski definition) is 11. The number of methoxy groups -OCH3 is 1. The van der Waals surface area contributed by atoms with Crippen LogP contribution in [0, 0.1) is 0 Å². The standard InChI is InChI=1S/C25H31N3O11S/c1-39-19-4-2-12(8-18(19)31)23(22(35)13-6-14(29)9-15(30)7-13)40-11-17(24(36)27-10-21(33)34)28-20(32)5-3-16(26)25(37)38/h2,4,6-9,16-17,22-23,29-31,35H,3,5,10-11,26H2,1H3,(H,27,36)(H,28,32)(H,33,34)(H,37,38). The Hall–Kier alpha value is -4.21. The van der Waals surface area contributed by atoms with Crippen LogP contribution in [0.25, 0.3) is 0 Å². The van der Waals surface area contributed by atoms with Gasteiger partial charge in [-0.15, -0.1) is 11.8 Å². The van der Waals surface area contributed by atoms with Crippen LogP contribution < -0.4 is 21.1 Å². The van der Waals surface area contributed by atoms with Gasteiger partial charge in [0.25, 0.3) is 0 Å². The van der Waals surface area contributed by atoms with E-state index < -0.39 is 53.7 Å². The van der Waals surface area contributed by atoms with Gasteiger partial charge < -0.3 is 51.7 Å². The number of nitrogens with one attached hydrogen (secondary N) is 2. The van der Waals surface area contributed by atoms with E-state index in [1.807, 2.05) is 0 Å². The van der Waals surface area contributed by atoms with E-state index in [1.54, 1.807) is 0 Å². The number of aliphatic hydroxyl groups is 1. The minimum Gasteiger partial charge on any atom is -0.508 e. The molecule has 0 aromatic heterocycles. The summed E-state index contributed by atoms with van der Waals surface area (Å²) in [5.74, 6) is -5.19. The summed E-state index contributed by atoms with van der Waals surface area (Å²) in [4.78, 5) is 47.1. The molecule has 0 heterocycles. The fraction of sp³-hybridized carbons (Fsp3) is 0.360. The van der Waals surface area contributed by atoms with Crippen LogP contribution >= 0.6 is 11.8 Å². The maximum atomic E-state index is 12.7. The van der Waals surface area contributed by atoms with Gasteiger partial charge in [0, 0.05) is 18.2 Å². The predicted molar refractivity (Wildman–Crippen MR) is 142 cm³/mol. The van der Waals surface area contributed by atoms with Gasteiger partial charge in [0.15, 0.2) is 11.5 Å². The Labute approximate surface area is 232 Å². The molecular weight excluding hydrogens is 550 g/mol. The SMILES string of the molecule is COc1ccc(C(SCC(NC(=O)CCC(N)C(=O)O)C(=O)NCC(=O)O)C(O)c2cc(O)cc(O)c2)cc1O. The second kappa shape index (κ2) is 14.8. The number of carboxylic acids is 2. The van der Waals surface area contributed by atoms with Gasteiger partial charge >= 0.3 is 11.9 Å². The Bertz CT molecular complexity index is 1210. The molecule has 4 unspecified atom stereocenters. The molecule has 15 heteroatoms. The highest BCUT2D eigenvalue weighted by Gasteiger charge is 2.29. The third-order valence-electron chi connectivity index (χ3n) is 5.59. The molecule has 14 nitrogen and oxygen atoms in total. The topological polar surface area (TPSA) is 249 Å². The van der Waals surface area contributed by atoms with Crippen molar-refractivity contribution in [3.8, 4) is 23.0 Å². The van der Waals surface area contributed by atoms with Crippen LogP contribution in [0.2, 0.25) is 0 Å². The molecule has 2 aromatic rings. The lowest BCUT2D eigenvalue weighted by atomic mass is 10.00. The van der Waals surface area contributed by atoms with E-state index in [4.69, 9.17) is 20.7 Å². The summed E-state index contributed by atoms with van der Waals surface area (Å²) in [5.41, 5.74) is 5.87. The number of thioether (sulfide) groups is 1. The van der Waals surface area contributed by atoms with Gasteiger partial charge in [0.1, 0.15) is 30.1 Å². The summed E-state index contributed by atoms with van der Waals surface area (Å²) in [6, 6.07) is 5.15. The molecule has 2 rings (SSSR count). The number of ether oxygens (including phenoxy) is 1. The number of carbonyl (C=O) groups is 4. The molecule has 10 N–H and O–H groups in total. The van der Waals surface area contributed by atoms with E-state index >= 15 is 0 Å². The zero-order valence-corrected chi connectivity index (χ0v) is 22.1. The average Bonchev–Trinajstić information content (AvgIpc) is 2.88. The molecule has 0 radical (unpaired) electrons. The Morgan fingerprint density at radius 2 is 1.65 bits per heavy atom. The maximum absolute atomic E-state index is 12.7. The molecule has 0 aliphatic rings. The van der Waals surface area contributed by atoms with Crippen LogP contribution in [0.15, 0.2) is 36.4 Å². The van der Waals surface area contributed by atoms with Crippen LogP contribution in [0.4, 0.5) is 0 Å². The number of benzene rings is 2. The lowest BCUT2D eigenvalue weighted by Gasteiger charge is -2.26. The van der Waals surface area contributed by atoms with Crippen molar-refractivity contribution in [1.29, 1.82) is 0 Å². The second-order valence-electron chi connectivity index (χ2n) is 8.63. The van der Waals surface area contributed by atoms with Crippen molar-refractivity contribution in [2.45, 2.75) is 36.3 Å².